The van der Waals surface area contributed by atoms with Crippen LogP contribution in [-0.4, -0.2) is 13.2 Å². The molecule has 3 rings (SSSR count). The van der Waals surface area contributed by atoms with E-state index in [0.717, 1.165) is 38.2 Å². The first kappa shape index (κ1) is 13.2. The second-order valence-corrected chi connectivity index (χ2v) is 5.74. The Kier molecular flexibility index (Phi) is 3.75. The quantitative estimate of drug-likeness (QED) is 0.903. The van der Waals surface area contributed by atoms with Crippen molar-refractivity contribution in [1.29, 1.82) is 0 Å². The van der Waals surface area contributed by atoms with Crippen LogP contribution in [0.1, 0.15) is 17.5 Å². The van der Waals surface area contributed by atoms with Crippen molar-refractivity contribution in [2.24, 2.45) is 11.1 Å². The Hall–Kier alpha value is -1.80. The maximum Gasteiger partial charge on any atom is 0.119 e. The van der Waals surface area contributed by atoms with Crippen LogP contribution in [-0.2, 0) is 12.8 Å². The highest BCUT2D eigenvalue weighted by atomic mass is 16.5. The number of hydrogen-bond acceptors (Lipinski definition) is 2. The lowest BCUT2D eigenvalue weighted by Gasteiger charge is -2.27. The van der Waals surface area contributed by atoms with Gasteiger partial charge in [0.25, 0.3) is 0 Å². The fourth-order valence-corrected chi connectivity index (χ4v) is 3.10. The van der Waals surface area contributed by atoms with Crippen molar-refractivity contribution in [3.63, 3.8) is 0 Å². The number of benzene rings is 2. The Morgan fingerprint density at radius 3 is 2.10 bits per heavy atom. The molecule has 0 radical (unpaired) electrons. The van der Waals surface area contributed by atoms with E-state index >= 15 is 0 Å². The minimum absolute atomic E-state index is 0.179. The molecule has 0 saturated heterocycles. The van der Waals surface area contributed by atoms with Gasteiger partial charge in [-0.15, -0.1) is 0 Å². The van der Waals surface area contributed by atoms with Crippen molar-refractivity contribution in [2.75, 3.05) is 13.2 Å². The van der Waals surface area contributed by atoms with Crippen LogP contribution in [0.2, 0.25) is 0 Å². The highest BCUT2D eigenvalue weighted by molar-refractivity contribution is 5.34. The summed E-state index contributed by atoms with van der Waals surface area (Å²) >= 11 is 0. The Morgan fingerprint density at radius 2 is 1.50 bits per heavy atom. The maximum atomic E-state index is 6.07. The summed E-state index contributed by atoms with van der Waals surface area (Å²) in [5.74, 6) is 0.940. The molecule has 0 heterocycles. The standard InChI is InChI=1S/C18H21NO/c19-14-18(10-11-20-17-8-2-1-3-9-17)12-15-6-4-5-7-16(15)13-18/h1-9H,10-14,19H2. The van der Waals surface area contributed by atoms with Crippen molar-refractivity contribution < 1.29 is 4.74 Å². The van der Waals surface area contributed by atoms with Gasteiger partial charge in [0, 0.05) is 0 Å². The van der Waals surface area contributed by atoms with E-state index < -0.39 is 0 Å². The lowest BCUT2D eigenvalue weighted by molar-refractivity contribution is 0.208. The van der Waals surface area contributed by atoms with Gasteiger partial charge in [0.15, 0.2) is 0 Å². The molecular weight excluding hydrogens is 246 g/mol. The molecule has 0 bridgehead atoms. The van der Waals surface area contributed by atoms with Gasteiger partial charge in [-0.1, -0.05) is 42.5 Å². The van der Waals surface area contributed by atoms with Crippen molar-refractivity contribution in [1.82, 2.24) is 0 Å². The van der Waals surface area contributed by atoms with Crippen LogP contribution in [0.4, 0.5) is 0 Å². The number of ether oxygens (including phenoxy) is 1. The van der Waals surface area contributed by atoms with Gasteiger partial charge in [-0.25, -0.2) is 0 Å². The van der Waals surface area contributed by atoms with Crippen LogP contribution in [0.25, 0.3) is 0 Å². The molecule has 0 amide bonds. The zero-order chi connectivity index (χ0) is 13.8. The summed E-state index contributed by atoms with van der Waals surface area (Å²) in [6.45, 7) is 1.45. The molecule has 2 aromatic rings. The third-order valence-electron chi connectivity index (χ3n) is 4.33. The molecule has 2 N–H and O–H groups in total. The van der Waals surface area contributed by atoms with Crippen LogP contribution in [0.15, 0.2) is 54.6 Å². The first-order valence-electron chi connectivity index (χ1n) is 7.26. The van der Waals surface area contributed by atoms with Gasteiger partial charge in [-0.2, -0.15) is 0 Å². The van der Waals surface area contributed by atoms with Gasteiger partial charge in [-0.05, 0) is 54.5 Å². The summed E-state index contributed by atoms with van der Waals surface area (Å²) in [7, 11) is 0. The average molecular weight is 267 g/mol. The molecule has 0 aliphatic heterocycles. The Bertz CT molecular complexity index is 540. The van der Waals surface area contributed by atoms with Crippen LogP contribution >= 0.6 is 0 Å². The van der Waals surface area contributed by atoms with Gasteiger partial charge in [0.1, 0.15) is 5.75 Å². The third kappa shape index (κ3) is 2.70. The highest BCUT2D eigenvalue weighted by Crippen LogP contribution is 2.38. The first-order chi connectivity index (χ1) is 9.81. The summed E-state index contributed by atoms with van der Waals surface area (Å²) in [5, 5.41) is 0. The number of fused-ring (bicyclic) bond motifs is 1. The van der Waals surface area contributed by atoms with E-state index in [1.807, 2.05) is 30.3 Å². The van der Waals surface area contributed by atoms with Gasteiger partial charge in [-0.3, -0.25) is 0 Å². The minimum atomic E-state index is 0.179. The molecule has 104 valence electrons. The van der Waals surface area contributed by atoms with Crippen LogP contribution in [0.5, 0.6) is 5.75 Å². The van der Waals surface area contributed by atoms with Gasteiger partial charge < -0.3 is 10.5 Å². The van der Waals surface area contributed by atoms with Gasteiger partial charge in [0.05, 0.1) is 6.61 Å². The second-order valence-electron chi connectivity index (χ2n) is 5.74. The zero-order valence-corrected chi connectivity index (χ0v) is 11.7. The molecule has 0 aromatic heterocycles. The van der Waals surface area contributed by atoms with E-state index in [1.165, 1.54) is 11.1 Å². The van der Waals surface area contributed by atoms with Crippen molar-refractivity contribution in [2.45, 2.75) is 19.3 Å². The topological polar surface area (TPSA) is 35.2 Å². The fourth-order valence-electron chi connectivity index (χ4n) is 3.10. The summed E-state index contributed by atoms with van der Waals surface area (Å²) in [5.41, 5.74) is 9.16. The molecule has 0 fully saturated rings. The summed E-state index contributed by atoms with van der Waals surface area (Å²) < 4.78 is 5.84. The van der Waals surface area contributed by atoms with E-state index in [4.69, 9.17) is 10.5 Å². The van der Waals surface area contributed by atoms with Crippen LogP contribution in [0, 0.1) is 5.41 Å². The van der Waals surface area contributed by atoms with Crippen molar-refractivity contribution >= 4 is 0 Å². The number of para-hydroxylation sites is 1. The average Bonchev–Trinajstić information content (AvgIpc) is 2.87. The van der Waals surface area contributed by atoms with E-state index in [1.54, 1.807) is 0 Å². The number of rotatable bonds is 5. The SMILES string of the molecule is NCC1(CCOc2ccccc2)Cc2ccccc2C1. The largest absolute Gasteiger partial charge is 0.494 e. The summed E-state index contributed by atoms with van der Waals surface area (Å²) in [6.07, 6.45) is 3.17. The molecule has 1 aliphatic rings. The van der Waals surface area contributed by atoms with Crippen molar-refractivity contribution in [3.8, 4) is 5.75 Å². The lowest BCUT2D eigenvalue weighted by atomic mass is 9.82. The zero-order valence-electron chi connectivity index (χ0n) is 11.7. The Balaban J connectivity index is 1.61. The maximum absolute atomic E-state index is 6.07. The summed E-state index contributed by atoms with van der Waals surface area (Å²) in [4.78, 5) is 0. The molecule has 0 spiro atoms. The van der Waals surface area contributed by atoms with E-state index in [0.29, 0.717) is 0 Å². The van der Waals surface area contributed by atoms with E-state index in [-0.39, 0.29) is 5.41 Å². The Morgan fingerprint density at radius 1 is 0.900 bits per heavy atom. The predicted octanol–water partition coefficient (Wildman–Crippen LogP) is 3.20. The summed E-state index contributed by atoms with van der Waals surface area (Å²) in [6, 6.07) is 18.7. The molecular formula is C18H21NO. The van der Waals surface area contributed by atoms with Crippen molar-refractivity contribution in [3.05, 3.63) is 65.7 Å². The molecule has 2 heteroatoms. The molecule has 2 aromatic carbocycles. The molecule has 20 heavy (non-hydrogen) atoms. The predicted molar refractivity (Wildman–Crippen MR) is 81.9 cm³/mol. The van der Waals surface area contributed by atoms with Gasteiger partial charge >= 0.3 is 0 Å². The Labute approximate surface area is 120 Å². The fraction of sp³-hybridized carbons (Fsp3) is 0.333. The van der Waals surface area contributed by atoms with Crippen LogP contribution < -0.4 is 10.5 Å². The van der Waals surface area contributed by atoms with Gasteiger partial charge in [0.2, 0.25) is 0 Å². The molecule has 0 saturated carbocycles. The molecule has 1 aliphatic carbocycles. The molecule has 2 nitrogen and oxygen atoms in total. The normalized spacial score (nSPS) is 15.8. The van der Waals surface area contributed by atoms with Crippen LogP contribution in [0.3, 0.4) is 0 Å². The molecule has 0 atom stereocenters. The molecule has 0 unspecified atom stereocenters. The first-order valence-corrected chi connectivity index (χ1v) is 7.26. The number of nitrogens with two attached hydrogens (primary N) is 1. The van der Waals surface area contributed by atoms with E-state index in [2.05, 4.69) is 24.3 Å². The number of hydrogen-bond donors (Lipinski definition) is 1. The van der Waals surface area contributed by atoms with E-state index in [9.17, 15) is 0 Å². The monoisotopic (exact) mass is 267 g/mol. The lowest BCUT2D eigenvalue weighted by Crippen LogP contribution is -2.33. The minimum Gasteiger partial charge on any atom is -0.494 e. The smallest absolute Gasteiger partial charge is 0.119 e. The second kappa shape index (κ2) is 5.68. The highest BCUT2D eigenvalue weighted by Gasteiger charge is 2.35. The third-order valence-corrected chi connectivity index (χ3v) is 4.33.